The molecule has 28 heavy (non-hydrogen) atoms. The molecular weight excluding hydrogens is 354 g/mol. The summed E-state index contributed by atoms with van der Waals surface area (Å²) in [6, 6.07) is 20.0. The molecule has 1 fully saturated rings. The fraction of sp³-hybridized carbons (Fsp3) is 0.364. The molecule has 0 spiro atoms. The molecule has 148 valence electrons. The van der Waals surface area contributed by atoms with Gasteiger partial charge in [0.2, 0.25) is 0 Å². The average molecular weight is 381 g/mol. The summed E-state index contributed by atoms with van der Waals surface area (Å²) in [4.78, 5) is 26.1. The number of carbonyl (C=O) groups excluding carboxylic acids is 2. The summed E-state index contributed by atoms with van der Waals surface area (Å²) in [5.74, 6) is -1.17. The molecule has 2 aromatic carbocycles. The van der Waals surface area contributed by atoms with Crippen LogP contribution in [0.4, 0.5) is 0 Å². The zero-order valence-corrected chi connectivity index (χ0v) is 16.0. The van der Waals surface area contributed by atoms with Gasteiger partial charge in [0, 0.05) is 32.7 Å². The second-order valence-corrected chi connectivity index (χ2v) is 6.82. The number of nitrogens with one attached hydrogen (secondary N) is 2. The summed E-state index contributed by atoms with van der Waals surface area (Å²) >= 11 is 0. The van der Waals surface area contributed by atoms with E-state index < -0.39 is 11.8 Å². The topological polar surface area (TPSA) is 70.7 Å². The lowest BCUT2D eigenvalue weighted by atomic mass is 10.1. The molecule has 0 bridgehead atoms. The van der Waals surface area contributed by atoms with E-state index in [1.54, 1.807) is 0 Å². The largest absolute Gasteiger partial charge is 0.371 e. The van der Waals surface area contributed by atoms with Crippen molar-refractivity contribution in [2.75, 3.05) is 39.3 Å². The summed E-state index contributed by atoms with van der Waals surface area (Å²) in [5, 5.41) is 5.36. The molecule has 2 aromatic rings. The van der Waals surface area contributed by atoms with Crippen LogP contribution < -0.4 is 10.6 Å². The van der Waals surface area contributed by atoms with Gasteiger partial charge in [0.15, 0.2) is 0 Å². The predicted molar refractivity (Wildman–Crippen MR) is 108 cm³/mol. The minimum absolute atomic E-state index is 0.0481. The maximum absolute atomic E-state index is 11.9. The highest BCUT2D eigenvalue weighted by Crippen LogP contribution is 2.21. The average Bonchev–Trinajstić information content (AvgIpc) is 2.75. The fourth-order valence-corrected chi connectivity index (χ4v) is 3.23. The first-order chi connectivity index (χ1) is 13.7. The number of nitrogens with zero attached hydrogens (tertiary/aromatic N) is 1. The monoisotopic (exact) mass is 381 g/mol. The van der Waals surface area contributed by atoms with Gasteiger partial charge in [-0.3, -0.25) is 14.5 Å². The number of morpholine rings is 1. The van der Waals surface area contributed by atoms with Gasteiger partial charge in [0.1, 0.15) is 0 Å². The summed E-state index contributed by atoms with van der Waals surface area (Å²) in [5.41, 5.74) is 2.29. The van der Waals surface area contributed by atoms with Crippen molar-refractivity contribution in [3.05, 3.63) is 71.8 Å². The lowest BCUT2D eigenvalue weighted by molar-refractivity contribution is -0.139. The van der Waals surface area contributed by atoms with E-state index in [1.165, 1.54) is 0 Å². The molecule has 1 heterocycles. The Morgan fingerprint density at radius 1 is 0.929 bits per heavy atom. The number of ether oxygens (including phenoxy) is 1. The second kappa shape index (κ2) is 10.6. The van der Waals surface area contributed by atoms with Gasteiger partial charge in [-0.15, -0.1) is 0 Å². The minimum atomic E-state index is -0.583. The van der Waals surface area contributed by atoms with Crippen LogP contribution in [-0.2, 0) is 20.7 Å². The van der Waals surface area contributed by atoms with Crippen LogP contribution in [0.25, 0.3) is 0 Å². The van der Waals surface area contributed by atoms with Crippen molar-refractivity contribution in [1.82, 2.24) is 15.5 Å². The van der Waals surface area contributed by atoms with Gasteiger partial charge in [-0.2, -0.15) is 0 Å². The molecule has 3 rings (SSSR count). The van der Waals surface area contributed by atoms with Crippen molar-refractivity contribution in [1.29, 1.82) is 0 Å². The SMILES string of the molecule is O=C(NCCc1ccccc1)C(=O)NCCN1CCOC(c2ccccc2)C1. The zero-order valence-electron chi connectivity index (χ0n) is 16.0. The summed E-state index contributed by atoms with van der Waals surface area (Å²) in [6.45, 7) is 3.83. The normalized spacial score (nSPS) is 17.1. The molecule has 1 aliphatic heterocycles. The highest BCUT2D eigenvalue weighted by atomic mass is 16.5. The first-order valence-corrected chi connectivity index (χ1v) is 9.71. The quantitative estimate of drug-likeness (QED) is 0.714. The number of hydrogen-bond acceptors (Lipinski definition) is 4. The number of amides is 2. The van der Waals surface area contributed by atoms with E-state index in [0.717, 1.165) is 24.2 Å². The molecule has 2 N–H and O–H groups in total. The third-order valence-electron chi connectivity index (χ3n) is 4.78. The van der Waals surface area contributed by atoms with Crippen molar-refractivity contribution in [2.24, 2.45) is 0 Å². The van der Waals surface area contributed by atoms with Crippen LogP contribution in [0.1, 0.15) is 17.2 Å². The maximum atomic E-state index is 11.9. The Labute approximate surface area is 165 Å². The van der Waals surface area contributed by atoms with E-state index in [4.69, 9.17) is 4.74 Å². The van der Waals surface area contributed by atoms with Crippen LogP contribution in [-0.4, -0.2) is 56.0 Å². The van der Waals surface area contributed by atoms with Gasteiger partial charge in [-0.05, 0) is 17.5 Å². The van der Waals surface area contributed by atoms with E-state index >= 15 is 0 Å². The van der Waals surface area contributed by atoms with E-state index in [9.17, 15) is 9.59 Å². The van der Waals surface area contributed by atoms with Crippen LogP contribution in [0, 0.1) is 0 Å². The Morgan fingerprint density at radius 2 is 1.57 bits per heavy atom. The van der Waals surface area contributed by atoms with Gasteiger partial charge in [0.05, 0.1) is 12.7 Å². The molecule has 6 heteroatoms. The second-order valence-electron chi connectivity index (χ2n) is 6.82. The van der Waals surface area contributed by atoms with E-state index in [0.29, 0.717) is 32.7 Å². The van der Waals surface area contributed by atoms with Crippen LogP contribution in [0.5, 0.6) is 0 Å². The van der Waals surface area contributed by atoms with Crippen LogP contribution >= 0.6 is 0 Å². The Hall–Kier alpha value is -2.70. The van der Waals surface area contributed by atoms with Crippen LogP contribution in [0.2, 0.25) is 0 Å². The smallest absolute Gasteiger partial charge is 0.309 e. The molecule has 1 aliphatic rings. The predicted octanol–water partition coefficient (Wildman–Crippen LogP) is 1.53. The van der Waals surface area contributed by atoms with Crippen LogP contribution in [0.15, 0.2) is 60.7 Å². The van der Waals surface area contributed by atoms with Crippen molar-refractivity contribution >= 4 is 11.8 Å². The van der Waals surface area contributed by atoms with E-state index in [-0.39, 0.29) is 6.10 Å². The Balaban J connectivity index is 1.33. The molecule has 0 radical (unpaired) electrons. The highest BCUT2D eigenvalue weighted by Gasteiger charge is 2.22. The standard InChI is InChI=1S/C22H27N3O3/c26-21(23-12-11-18-7-3-1-4-8-18)22(27)24-13-14-25-15-16-28-20(17-25)19-9-5-2-6-10-19/h1-10,20H,11-17H2,(H,23,26)(H,24,27). The molecule has 1 atom stereocenters. The number of benzene rings is 2. The summed E-state index contributed by atoms with van der Waals surface area (Å²) < 4.78 is 5.85. The Kier molecular flexibility index (Phi) is 7.58. The molecule has 2 amide bonds. The minimum Gasteiger partial charge on any atom is -0.371 e. The third-order valence-corrected chi connectivity index (χ3v) is 4.78. The van der Waals surface area contributed by atoms with Crippen molar-refractivity contribution < 1.29 is 14.3 Å². The number of hydrogen-bond donors (Lipinski definition) is 2. The number of carbonyl (C=O) groups is 2. The van der Waals surface area contributed by atoms with E-state index in [2.05, 4.69) is 27.7 Å². The Bertz CT molecular complexity index is 752. The van der Waals surface area contributed by atoms with Crippen molar-refractivity contribution in [3.8, 4) is 0 Å². The number of rotatable bonds is 7. The van der Waals surface area contributed by atoms with Gasteiger partial charge < -0.3 is 15.4 Å². The summed E-state index contributed by atoms with van der Waals surface area (Å²) in [7, 11) is 0. The van der Waals surface area contributed by atoms with Crippen molar-refractivity contribution in [3.63, 3.8) is 0 Å². The lowest BCUT2D eigenvalue weighted by Gasteiger charge is -2.33. The molecule has 6 nitrogen and oxygen atoms in total. The molecule has 1 saturated heterocycles. The summed E-state index contributed by atoms with van der Waals surface area (Å²) in [6.07, 6.45) is 0.751. The van der Waals surface area contributed by atoms with Gasteiger partial charge in [-0.1, -0.05) is 60.7 Å². The molecule has 0 aromatic heterocycles. The highest BCUT2D eigenvalue weighted by molar-refractivity contribution is 6.35. The maximum Gasteiger partial charge on any atom is 0.309 e. The van der Waals surface area contributed by atoms with Gasteiger partial charge in [-0.25, -0.2) is 0 Å². The molecule has 0 saturated carbocycles. The third kappa shape index (κ3) is 6.18. The van der Waals surface area contributed by atoms with Gasteiger partial charge in [0.25, 0.3) is 0 Å². The van der Waals surface area contributed by atoms with Crippen molar-refractivity contribution in [2.45, 2.75) is 12.5 Å². The molecule has 1 unspecified atom stereocenters. The van der Waals surface area contributed by atoms with Gasteiger partial charge >= 0.3 is 11.8 Å². The first kappa shape index (κ1) is 20.0. The lowest BCUT2D eigenvalue weighted by Crippen LogP contribution is -2.45. The van der Waals surface area contributed by atoms with Crippen LogP contribution in [0.3, 0.4) is 0 Å². The molecular formula is C22H27N3O3. The Morgan fingerprint density at radius 3 is 2.29 bits per heavy atom. The zero-order chi connectivity index (χ0) is 19.6. The van der Waals surface area contributed by atoms with E-state index in [1.807, 2.05) is 48.5 Å². The molecule has 0 aliphatic carbocycles. The fourth-order valence-electron chi connectivity index (χ4n) is 3.23. The first-order valence-electron chi connectivity index (χ1n) is 9.71.